The van der Waals surface area contributed by atoms with Crippen LogP contribution in [0, 0.1) is 12.8 Å². The molecule has 0 spiro atoms. The van der Waals surface area contributed by atoms with Crippen LogP contribution in [0.25, 0.3) is 0 Å². The molecule has 1 heterocycles. The molecule has 0 atom stereocenters. The summed E-state index contributed by atoms with van der Waals surface area (Å²) >= 11 is 1.34. The maximum atomic E-state index is 11.8. The summed E-state index contributed by atoms with van der Waals surface area (Å²) in [6.45, 7) is 5.75. The van der Waals surface area contributed by atoms with Gasteiger partial charge in [0.2, 0.25) is 0 Å². The zero-order valence-electron chi connectivity index (χ0n) is 9.93. The number of carbonyl (C=O) groups excluding carboxylic acids is 1. The predicted octanol–water partition coefficient (Wildman–Crippen LogP) is 1.73. The van der Waals surface area contributed by atoms with Crippen LogP contribution < -0.4 is 5.43 Å². The zero-order chi connectivity index (χ0) is 13.0. The van der Waals surface area contributed by atoms with E-state index in [-0.39, 0.29) is 18.2 Å². The second kappa shape index (κ2) is 5.62. The van der Waals surface area contributed by atoms with Crippen molar-refractivity contribution in [3.63, 3.8) is 0 Å². The SMILES string of the molecule is Cc1scnc1C(=O)NN(CC(C)C)C(=O)O. The smallest absolute Gasteiger partial charge is 0.426 e. The molecule has 0 aromatic carbocycles. The standard InChI is InChI=1S/C10H15N3O3S/c1-6(2)4-13(10(15)16)12-9(14)8-7(3)17-5-11-8/h5-6H,4H2,1-3H3,(H,12,14)(H,15,16). The third-order valence-corrected chi connectivity index (χ3v) is 2.73. The van der Waals surface area contributed by atoms with Gasteiger partial charge in [-0.3, -0.25) is 10.2 Å². The van der Waals surface area contributed by atoms with Gasteiger partial charge in [0, 0.05) is 11.4 Å². The number of hydrogen-bond acceptors (Lipinski definition) is 4. The summed E-state index contributed by atoms with van der Waals surface area (Å²) in [5.74, 6) is -0.366. The van der Waals surface area contributed by atoms with Gasteiger partial charge in [0.25, 0.3) is 5.91 Å². The molecule has 0 saturated heterocycles. The van der Waals surface area contributed by atoms with Gasteiger partial charge in [-0.25, -0.2) is 14.8 Å². The summed E-state index contributed by atoms with van der Waals surface area (Å²) < 4.78 is 0. The Morgan fingerprint density at radius 3 is 2.65 bits per heavy atom. The molecule has 1 aromatic rings. The molecular formula is C10H15N3O3S. The van der Waals surface area contributed by atoms with Crippen molar-refractivity contribution in [2.75, 3.05) is 6.54 Å². The Morgan fingerprint density at radius 1 is 1.59 bits per heavy atom. The molecule has 0 fully saturated rings. The van der Waals surface area contributed by atoms with Crippen molar-refractivity contribution >= 4 is 23.3 Å². The van der Waals surface area contributed by atoms with Gasteiger partial charge < -0.3 is 5.11 Å². The number of amides is 2. The summed E-state index contributed by atoms with van der Waals surface area (Å²) in [6.07, 6.45) is -1.18. The molecule has 2 N–H and O–H groups in total. The Kier molecular flexibility index (Phi) is 4.45. The van der Waals surface area contributed by atoms with Gasteiger partial charge in [-0.15, -0.1) is 11.3 Å². The van der Waals surface area contributed by atoms with Gasteiger partial charge in [0.1, 0.15) is 5.69 Å². The molecule has 0 unspecified atom stereocenters. The van der Waals surface area contributed by atoms with E-state index in [1.807, 2.05) is 13.8 Å². The molecule has 0 aliphatic heterocycles. The first-order valence-corrected chi connectivity index (χ1v) is 6.01. The van der Waals surface area contributed by atoms with E-state index in [0.29, 0.717) is 0 Å². The van der Waals surface area contributed by atoms with Gasteiger partial charge in [-0.05, 0) is 12.8 Å². The third kappa shape index (κ3) is 3.70. The number of nitrogens with one attached hydrogen (secondary N) is 1. The summed E-state index contributed by atoms with van der Waals surface area (Å²) in [4.78, 5) is 27.3. The van der Waals surface area contributed by atoms with Gasteiger partial charge in [-0.1, -0.05) is 13.8 Å². The third-order valence-electron chi connectivity index (χ3n) is 1.97. The lowest BCUT2D eigenvalue weighted by molar-refractivity contribution is 0.0727. The Balaban J connectivity index is 2.71. The van der Waals surface area contributed by atoms with Crippen molar-refractivity contribution in [3.8, 4) is 0 Å². The van der Waals surface area contributed by atoms with Crippen LogP contribution in [0.15, 0.2) is 5.51 Å². The largest absolute Gasteiger partial charge is 0.464 e. The van der Waals surface area contributed by atoms with E-state index >= 15 is 0 Å². The van der Waals surface area contributed by atoms with Crippen LogP contribution in [-0.4, -0.2) is 33.6 Å². The highest BCUT2D eigenvalue weighted by molar-refractivity contribution is 7.09. The van der Waals surface area contributed by atoms with E-state index in [0.717, 1.165) is 9.89 Å². The van der Waals surface area contributed by atoms with E-state index in [1.165, 1.54) is 11.3 Å². The number of aryl methyl sites for hydroxylation is 1. The molecule has 0 saturated carbocycles. The highest BCUT2D eigenvalue weighted by atomic mass is 32.1. The quantitative estimate of drug-likeness (QED) is 0.808. The number of aromatic nitrogens is 1. The second-order valence-electron chi connectivity index (χ2n) is 3.99. The Labute approximate surface area is 103 Å². The summed E-state index contributed by atoms with van der Waals surface area (Å²) in [6, 6.07) is 0. The molecule has 1 aromatic heterocycles. The van der Waals surface area contributed by atoms with E-state index in [1.54, 1.807) is 12.4 Å². The van der Waals surface area contributed by atoms with Crippen LogP contribution in [0.4, 0.5) is 4.79 Å². The van der Waals surface area contributed by atoms with Crippen molar-refractivity contribution < 1.29 is 14.7 Å². The Morgan fingerprint density at radius 2 is 2.24 bits per heavy atom. The number of hydrazine groups is 1. The average Bonchev–Trinajstić information content (AvgIpc) is 2.62. The Hall–Kier alpha value is -1.63. The highest BCUT2D eigenvalue weighted by Crippen LogP contribution is 2.11. The molecule has 0 aliphatic carbocycles. The van der Waals surface area contributed by atoms with Crippen molar-refractivity contribution in [3.05, 3.63) is 16.1 Å². The van der Waals surface area contributed by atoms with Crippen LogP contribution in [0.3, 0.4) is 0 Å². The monoisotopic (exact) mass is 257 g/mol. The first-order valence-electron chi connectivity index (χ1n) is 5.13. The lowest BCUT2D eigenvalue weighted by atomic mass is 10.2. The van der Waals surface area contributed by atoms with Gasteiger partial charge in [-0.2, -0.15) is 0 Å². The normalized spacial score (nSPS) is 10.4. The van der Waals surface area contributed by atoms with Gasteiger partial charge >= 0.3 is 6.09 Å². The van der Waals surface area contributed by atoms with Gasteiger partial charge in [0.15, 0.2) is 0 Å². The van der Waals surface area contributed by atoms with Crippen molar-refractivity contribution in [1.82, 2.24) is 15.4 Å². The molecule has 17 heavy (non-hydrogen) atoms. The molecule has 6 nitrogen and oxygen atoms in total. The van der Waals surface area contributed by atoms with Crippen LogP contribution in [0.5, 0.6) is 0 Å². The number of hydrogen-bond donors (Lipinski definition) is 2. The maximum Gasteiger partial charge on any atom is 0.426 e. The van der Waals surface area contributed by atoms with E-state index in [2.05, 4.69) is 10.4 Å². The van der Waals surface area contributed by atoms with Crippen LogP contribution in [0.2, 0.25) is 0 Å². The van der Waals surface area contributed by atoms with E-state index < -0.39 is 12.0 Å². The molecule has 0 aliphatic rings. The minimum absolute atomic E-state index is 0.128. The minimum atomic E-state index is -1.18. The van der Waals surface area contributed by atoms with E-state index in [4.69, 9.17) is 5.11 Å². The lowest BCUT2D eigenvalue weighted by Gasteiger charge is -2.21. The molecular weight excluding hydrogens is 242 g/mol. The fourth-order valence-corrected chi connectivity index (χ4v) is 1.81. The number of nitrogens with zero attached hydrogens (tertiary/aromatic N) is 2. The topological polar surface area (TPSA) is 82.5 Å². The molecule has 1 rings (SSSR count). The van der Waals surface area contributed by atoms with Crippen molar-refractivity contribution in [2.24, 2.45) is 5.92 Å². The van der Waals surface area contributed by atoms with E-state index in [9.17, 15) is 9.59 Å². The molecule has 94 valence electrons. The predicted molar refractivity (Wildman–Crippen MR) is 63.9 cm³/mol. The minimum Gasteiger partial charge on any atom is -0.464 e. The fourth-order valence-electron chi connectivity index (χ4n) is 1.24. The van der Waals surface area contributed by atoms with Crippen molar-refractivity contribution in [2.45, 2.75) is 20.8 Å². The molecule has 0 radical (unpaired) electrons. The van der Waals surface area contributed by atoms with Crippen LogP contribution in [-0.2, 0) is 0 Å². The molecule has 0 bridgehead atoms. The number of thiazole rings is 1. The number of rotatable bonds is 3. The lowest BCUT2D eigenvalue weighted by Crippen LogP contribution is -2.47. The van der Waals surface area contributed by atoms with Crippen LogP contribution >= 0.6 is 11.3 Å². The summed E-state index contributed by atoms with van der Waals surface area (Å²) in [5, 5.41) is 9.81. The number of carboxylic acid groups (broad SMARTS) is 1. The second-order valence-corrected chi connectivity index (χ2v) is 5.04. The molecule has 2 amide bonds. The zero-order valence-corrected chi connectivity index (χ0v) is 10.7. The Bertz CT molecular complexity index is 417. The first-order chi connectivity index (χ1) is 7.91. The van der Waals surface area contributed by atoms with Crippen molar-refractivity contribution in [1.29, 1.82) is 0 Å². The summed E-state index contributed by atoms with van der Waals surface area (Å²) in [7, 11) is 0. The average molecular weight is 257 g/mol. The highest BCUT2D eigenvalue weighted by Gasteiger charge is 2.19. The summed E-state index contributed by atoms with van der Waals surface area (Å²) in [5.41, 5.74) is 4.15. The first kappa shape index (κ1) is 13.4. The maximum absolute atomic E-state index is 11.8. The fraction of sp³-hybridized carbons (Fsp3) is 0.500. The number of carbonyl (C=O) groups is 2. The van der Waals surface area contributed by atoms with Crippen LogP contribution in [0.1, 0.15) is 29.2 Å². The molecule has 7 heteroatoms. The van der Waals surface area contributed by atoms with Gasteiger partial charge in [0.05, 0.1) is 5.51 Å².